The van der Waals surface area contributed by atoms with E-state index in [1.54, 1.807) is 0 Å². The zero-order valence-corrected chi connectivity index (χ0v) is 7.41. The zero-order valence-electron chi connectivity index (χ0n) is 7.41. The van der Waals surface area contributed by atoms with Crippen LogP contribution in [0.2, 0.25) is 0 Å². The molecule has 0 saturated heterocycles. The van der Waals surface area contributed by atoms with Gasteiger partial charge in [0.1, 0.15) is 6.67 Å². The largest absolute Gasteiger partial charge is 0.316 e. The van der Waals surface area contributed by atoms with Crippen LogP contribution < -0.4 is 5.48 Å². The summed E-state index contributed by atoms with van der Waals surface area (Å²) in [6, 6.07) is 9.39. The molecule has 0 bridgehead atoms. The predicted molar refractivity (Wildman–Crippen MR) is 49.4 cm³/mol. The Bertz CT molecular complexity index is 224. The van der Waals surface area contributed by atoms with Crippen LogP contribution in [0.25, 0.3) is 0 Å². The highest BCUT2D eigenvalue weighted by Crippen LogP contribution is 2.04. The maximum atomic E-state index is 12.1. The number of nitrogens with one attached hydrogen (secondary N) is 1. The van der Waals surface area contributed by atoms with Gasteiger partial charge >= 0.3 is 0 Å². The van der Waals surface area contributed by atoms with Crippen molar-refractivity contribution in [3.8, 4) is 0 Å². The Morgan fingerprint density at radius 1 is 1.31 bits per heavy atom. The fourth-order valence-corrected chi connectivity index (χ4v) is 1.16. The SMILES string of the molecule is ONC(CF)CCc1ccccc1. The van der Waals surface area contributed by atoms with E-state index >= 15 is 0 Å². The molecule has 0 fully saturated rings. The second kappa shape index (κ2) is 5.67. The van der Waals surface area contributed by atoms with Crippen LogP contribution in [0.3, 0.4) is 0 Å². The quantitative estimate of drug-likeness (QED) is 0.684. The minimum atomic E-state index is -0.538. The number of rotatable bonds is 5. The van der Waals surface area contributed by atoms with E-state index in [4.69, 9.17) is 5.21 Å². The number of alkyl halides is 1. The van der Waals surface area contributed by atoms with Crippen molar-refractivity contribution >= 4 is 0 Å². The van der Waals surface area contributed by atoms with Crippen molar-refractivity contribution < 1.29 is 9.60 Å². The van der Waals surface area contributed by atoms with Crippen LogP contribution in [0.15, 0.2) is 30.3 Å². The molecular weight excluding hydrogens is 169 g/mol. The van der Waals surface area contributed by atoms with E-state index in [9.17, 15) is 4.39 Å². The van der Waals surface area contributed by atoms with Gasteiger partial charge in [0.25, 0.3) is 0 Å². The van der Waals surface area contributed by atoms with Gasteiger partial charge in [-0.3, -0.25) is 0 Å². The summed E-state index contributed by atoms with van der Waals surface area (Å²) < 4.78 is 12.1. The van der Waals surface area contributed by atoms with Gasteiger partial charge < -0.3 is 5.21 Å². The van der Waals surface area contributed by atoms with Gasteiger partial charge in [-0.1, -0.05) is 30.3 Å². The lowest BCUT2D eigenvalue weighted by Gasteiger charge is -2.09. The molecule has 0 aliphatic heterocycles. The predicted octanol–water partition coefficient (Wildman–Crippen LogP) is 1.94. The molecule has 0 aliphatic carbocycles. The van der Waals surface area contributed by atoms with Crippen molar-refractivity contribution in [3.05, 3.63) is 35.9 Å². The lowest BCUT2D eigenvalue weighted by atomic mass is 10.1. The summed E-state index contributed by atoms with van der Waals surface area (Å²) >= 11 is 0. The van der Waals surface area contributed by atoms with Crippen molar-refractivity contribution in [3.63, 3.8) is 0 Å². The van der Waals surface area contributed by atoms with Gasteiger partial charge in [-0.2, -0.15) is 5.48 Å². The molecule has 1 aromatic carbocycles. The standard InChI is InChI=1S/C10H14FNO/c11-8-10(12-13)7-6-9-4-2-1-3-5-9/h1-5,10,12-13H,6-8H2. The summed E-state index contributed by atoms with van der Waals surface area (Å²) in [6.07, 6.45) is 1.39. The number of hydrogen-bond donors (Lipinski definition) is 2. The molecule has 0 saturated carbocycles. The monoisotopic (exact) mass is 183 g/mol. The van der Waals surface area contributed by atoms with E-state index in [1.807, 2.05) is 35.8 Å². The minimum absolute atomic E-state index is 0.444. The fourth-order valence-electron chi connectivity index (χ4n) is 1.16. The molecule has 2 nitrogen and oxygen atoms in total. The Balaban J connectivity index is 2.34. The van der Waals surface area contributed by atoms with Crippen LogP contribution in [-0.4, -0.2) is 17.9 Å². The van der Waals surface area contributed by atoms with Crippen molar-refractivity contribution in [1.29, 1.82) is 0 Å². The molecule has 0 aromatic heterocycles. The summed E-state index contributed by atoms with van der Waals surface area (Å²) in [4.78, 5) is 0. The molecule has 2 N–H and O–H groups in total. The molecule has 0 heterocycles. The van der Waals surface area contributed by atoms with E-state index in [0.29, 0.717) is 6.42 Å². The number of aryl methyl sites for hydroxylation is 1. The second-order valence-electron chi connectivity index (χ2n) is 3.00. The Morgan fingerprint density at radius 3 is 2.54 bits per heavy atom. The molecule has 1 atom stereocenters. The molecule has 13 heavy (non-hydrogen) atoms. The van der Waals surface area contributed by atoms with E-state index in [2.05, 4.69) is 0 Å². The molecule has 0 amide bonds. The maximum absolute atomic E-state index is 12.1. The minimum Gasteiger partial charge on any atom is -0.316 e. The molecule has 0 aliphatic rings. The van der Waals surface area contributed by atoms with Crippen LogP contribution in [0.4, 0.5) is 4.39 Å². The van der Waals surface area contributed by atoms with Gasteiger partial charge in [-0.15, -0.1) is 0 Å². The number of halogens is 1. The van der Waals surface area contributed by atoms with E-state index < -0.39 is 12.7 Å². The third-order valence-corrected chi connectivity index (χ3v) is 1.99. The molecule has 0 radical (unpaired) electrons. The van der Waals surface area contributed by atoms with Gasteiger partial charge in [-0.25, -0.2) is 4.39 Å². The fraction of sp³-hybridized carbons (Fsp3) is 0.400. The summed E-state index contributed by atoms with van der Waals surface area (Å²) in [5, 5.41) is 8.51. The Labute approximate surface area is 77.4 Å². The first-order chi connectivity index (χ1) is 6.36. The average Bonchev–Trinajstić information content (AvgIpc) is 2.21. The van der Waals surface area contributed by atoms with E-state index in [0.717, 1.165) is 12.0 Å². The van der Waals surface area contributed by atoms with Gasteiger partial charge in [0.05, 0.1) is 6.04 Å². The normalized spacial score (nSPS) is 12.8. The van der Waals surface area contributed by atoms with Crippen molar-refractivity contribution in [2.24, 2.45) is 0 Å². The highest BCUT2D eigenvalue weighted by molar-refractivity contribution is 5.14. The highest BCUT2D eigenvalue weighted by Gasteiger charge is 2.05. The first-order valence-corrected chi connectivity index (χ1v) is 4.36. The Hall–Kier alpha value is -0.930. The van der Waals surface area contributed by atoms with E-state index in [-0.39, 0.29) is 0 Å². The zero-order chi connectivity index (χ0) is 9.52. The number of benzene rings is 1. The molecule has 1 unspecified atom stereocenters. The molecule has 72 valence electrons. The van der Waals surface area contributed by atoms with Crippen molar-refractivity contribution in [1.82, 2.24) is 5.48 Å². The first kappa shape index (κ1) is 10.2. The number of hydroxylamine groups is 1. The summed E-state index contributed by atoms with van der Waals surface area (Å²) in [6.45, 7) is -0.538. The van der Waals surface area contributed by atoms with Gasteiger partial charge in [0.2, 0.25) is 0 Å². The molecule has 0 spiro atoms. The van der Waals surface area contributed by atoms with E-state index in [1.165, 1.54) is 0 Å². The molecule has 1 aromatic rings. The first-order valence-electron chi connectivity index (χ1n) is 4.36. The second-order valence-corrected chi connectivity index (χ2v) is 3.00. The number of hydrogen-bond acceptors (Lipinski definition) is 2. The van der Waals surface area contributed by atoms with Crippen molar-refractivity contribution in [2.75, 3.05) is 6.67 Å². The lowest BCUT2D eigenvalue weighted by Crippen LogP contribution is -2.28. The highest BCUT2D eigenvalue weighted by atomic mass is 19.1. The van der Waals surface area contributed by atoms with Crippen LogP contribution in [-0.2, 0) is 6.42 Å². The van der Waals surface area contributed by atoms with Crippen LogP contribution in [0, 0.1) is 0 Å². The van der Waals surface area contributed by atoms with Crippen LogP contribution in [0.5, 0.6) is 0 Å². The van der Waals surface area contributed by atoms with Crippen LogP contribution in [0.1, 0.15) is 12.0 Å². The summed E-state index contributed by atoms with van der Waals surface area (Å²) in [5.74, 6) is 0. The van der Waals surface area contributed by atoms with Gasteiger partial charge in [0.15, 0.2) is 0 Å². The van der Waals surface area contributed by atoms with Crippen molar-refractivity contribution in [2.45, 2.75) is 18.9 Å². The summed E-state index contributed by atoms with van der Waals surface area (Å²) in [7, 11) is 0. The summed E-state index contributed by atoms with van der Waals surface area (Å²) in [5.41, 5.74) is 3.11. The molecule has 1 rings (SSSR count). The average molecular weight is 183 g/mol. The van der Waals surface area contributed by atoms with Gasteiger partial charge in [-0.05, 0) is 18.4 Å². The third kappa shape index (κ3) is 3.53. The molecule has 3 heteroatoms. The third-order valence-electron chi connectivity index (χ3n) is 1.99. The van der Waals surface area contributed by atoms with Crippen LogP contribution >= 0.6 is 0 Å². The lowest BCUT2D eigenvalue weighted by molar-refractivity contribution is 0.108. The smallest absolute Gasteiger partial charge is 0.107 e. The Kier molecular flexibility index (Phi) is 4.43. The maximum Gasteiger partial charge on any atom is 0.107 e. The topological polar surface area (TPSA) is 32.3 Å². The Morgan fingerprint density at radius 2 is 2.00 bits per heavy atom. The van der Waals surface area contributed by atoms with Gasteiger partial charge in [0, 0.05) is 0 Å². The molecular formula is C10H14FNO.